The molecule has 0 saturated carbocycles. The number of benzene rings is 1. The van der Waals surface area contributed by atoms with Crippen molar-refractivity contribution in [2.24, 2.45) is 0 Å². The van der Waals surface area contributed by atoms with Crippen molar-refractivity contribution in [1.29, 1.82) is 0 Å². The predicted molar refractivity (Wildman–Crippen MR) is 102 cm³/mol. The average Bonchev–Trinajstić information content (AvgIpc) is 3.03. The molecule has 0 aliphatic carbocycles. The monoisotopic (exact) mass is 361 g/mol. The second-order valence-electron chi connectivity index (χ2n) is 6.36. The molecule has 5 nitrogen and oxygen atoms in total. The van der Waals surface area contributed by atoms with Crippen LogP contribution in [0.25, 0.3) is 17.0 Å². The highest BCUT2D eigenvalue weighted by Crippen LogP contribution is 2.29. The molecule has 0 N–H and O–H groups in total. The zero-order valence-electron chi connectivity index (χ0n) is 14.0. The van der Waals surface area contributed by atoms with E-state index in [2.05, 4.69) is 39.1 Å². The van der Waals surface area contributed by atoms with Crippen LogP contribution < -0.4 is 4.90 Å². The Labute approximate surface area is 155 Å². The third-order valence-electron chi connectivity index (χ3n) is 4.79. The van der Waals surface area contributed by atoms with Crippen LogP contribution in [0, 0.1) is 0 Å². The maximum atomic E-state index is 6.40. The molecule has 128 valence electrons. The van der Waals surface area contributed by atoms with Crippen molar-refractivity contribution in [3.63, 3.8) is 0 Å². The van der Waals surface area contributed by atoms with Gasteiger partial charge in [0.2, 0.25) is 5.95 Å². The van der Waals surface area contributed by atoms with Crippen LogP contribution in [-0.4, -0.2) is 25.9 Å². The molecule has 0 saturated heterocycles. The van der Waals surface area contributed by atoms with E-state index >= 15 is 0 Å². The first kappa shape index (κ1) is 15.3. The predicted octanol–water partition coefficient (Wildman–Crippen LogP) is 4.01. The van der Waals surface area contributed by atoms with E-state index in [1.165, 1.54) is 11.1 Å². The van der Waals surface area contributed by atoms with Gasteiger partial charge in [-0.15, -0.1) is 0 Å². The Balaban J connectivity index is 1.55. The summed E-state index contributed by atoms with van der Waals surface area (Å²) in [5, 5.41) is 0.449. The third-order valence-corrected chi connectivity index (χ3v) is 5.05. The topological polar surface area (TPSA) is 46.3 Å². The van der Waals surface area contributed by atoms with Gasteiger partial charge in [-0.05, 0) is 35.7 Å². The molecule has 6 heteroatoms. The lowest BCUT2D eigenvalue weighted by atomic mass is 10.0. The zero-order chi connectivity index (χ0) is 17.5. The number of hydrogen-bond acceptors (Lipinski definition) is 4. The van der Waals surface area contributed by atoms with Gasteiger partial charge < -0.3 is 4.90 Å². The highest BCUT2D eigenvalue weighted by atomic mass is 35.5. The summed E-state index contributed by atoms with van der Waals surface area (Å²) in [6.07, 6.45) is 4.74. The van der Waals surface area contributed by atoms with Crippen LogP contribution in [0.5, 0.6) is 0 Å². The lowest BCUT2D eigenvalue weighted by molar-refractivity contribution is 0.708. The molecular weight excluding hydrogens is 346 g/mol. The molecule has 5 rings (SSSR count). The smallest absolute Gasteiger partial charge is 0.226 e. The minimum Gasteiger partial charge on any atom is -0.336 e. The minimum absolute atomic E-state index is 0.449. The van der Waals surface area contributed by atoms with Gasteiger partial charge in [0.05, 0.1) is 5.69 Å². The Morgan fingerprint density at radius 1 is 0.923 bits per heavy atom. The van der Waals surface area contributed by atoms with Crippen molar-refractivity contribution >= 4 is 23.2 Å². The van der Waals surface area contributed by atoms with Crippen molar-refractivity contribution < 1.29 is 0 Å². The van der Waals surface area contributed by atoms with Crippen molar-refractivity contribution in [2.45, 2.75) is 13.0 Å². The lowest BCUT2D eigenvalue weighted by Gasteiger charge is -2.28. The van der Waals surface area contributed by atoms with Gasteiger partial charge in [-0.1, -0.05) is 41.9 Å². The number of hydrogen-bond donors (Lipinski definition) is 0. The van der Waals surface area contributed by atoms with Crippen molar-refractivity contribution in [3.05, 3.63) is 77.2 Å². The number of halogens is 1. The van der Waals surface area contributed by atoms with Crippen molar-refractivity contribution in [2.75, 3.05) is 11.4 Å². The summed E-state index contributed by atoms with van der Waals surface area (Å²) in [5.41, 5.74) is 5.12. The van der Waals surface area contributed by atoms with Crippen LogP contribution >= 0.6 is 11.6 Å². The molecule has 4 heterocycles. The lowest BCUT2D eigenvalue weighted by Crippen LogP contribution is -2.31. The van der Waals surface area contributed by atoms with Crippen LogP contribution in [0.3, 0.4) is 0 Å². The van der Waals surface area contributed by atoms with E-state index in [-0.39, 0.29) is 0 Å². The summed E-state index contributed by atoms with van der Waals surface area (Å²) in [5.74, 6) is 0.721. The molecular formula is C20H16ClN5. The molecule has 4 aromatic rings. The van der Waals surface area contributed by atoms with Crippen LogP contribution in [0.1, 0.15) is 11.1 Å². The van der Waals surface area contributed by atoms with Gasteiger partial charge in [0.1, 0.15) is 11.3 Å². The Hall–Kier alpha value is -2.92. The normalized spacial score (nSPS) is 13.8. The summed E-state index contributed by atoms with van der Waals surface area (Å²) in [6.45, 7) is 1.72. The fourth-order valence-corrected chi connectivity index (χ4v) is 3.77. The van der Waals surface area contributed by atoms with Gasteiger partial charge in [-0.3, -0.25) is 4.40 Å². The van der Waals surface area contributed by atoms with Crippen molar-refractivity contribution in [3.8, 4) is 11.4 Å². The molecule has 1 aromatic carbocycles. The Bertz CT molecular complexity index is 1100. The van der Waals surface area contributed by atoms with Crippen molar-refractivity contribution in [1.82, 2.24) is 19.4 Å². The van der Waals surface area contributed by atoms with Gasteiger partial charge in [-0.25, -0.2) is 15.0 Å². The number of aromatic nitrogens is 4. The molecule has 3 aromatic heterocycles. The summed E-state index contributed by atoms with van der Waals surface area (Å²) >= 11 is 6.40. The molecule has 0 spiro atoms. The highest BCUT2D eigenvalue weighted by molar-refractivity contribution is 6.32. The number of anilines is 1. The first-order valence-electron chi connectivity index (χ1n) is 8.57. The van der Waals surface area contributed by atoms with E-state index in [9.17, 15) is 0 Å². The van der Waals surface area contributed by atoms with Gasteiger partial charge in [0.25, 0.3) is 0 Å². The zero-order valence-corrected chi connectivity index (χ0v) is 14.8. The summed E-state index contributed by atoms with van der Waals surface area (Å²) in [7, 11) is 0. The quantitative estimate of drug-likeness (QED) is 0.541. The summed E-state index contributed by atoms with van der Waals surface area (Å²) in [6, 6.07) is 16.3. The van der Waals surface area contributed by atoms with E-state index in [1.54, 1.807) is 6.20 Å². The van der Waals surface area contributed by atoms with Crippen LogP contribution in [0.15, 0.2) is 60.9 Å². The van der Waals surface area contributed by atoms with Crippen LogP contribution in [0.4, 0.5) is 5.95 Å². The molecule has 0 atom stereocenters. The van der Waals surface area contributed by atoms with E-state index < -0.39 is 0 Å². The van der Waals surface area contributed by atoms with Gasteiger partial charge in [0, 0.05) is 25.5 Å². The van der Waals surface area contributed by atoms with Gasteiger partial charge in [-0.2, -0.15) is 0 Å². The molecule has 1 aliphatic rings. The molecule has 0 fully saturated rings. The fraction of sp³-hybridized carbons (Fsp3) is 0.150. The largest absolute Gasteiger partial charge is 0.336 e. The average molecular weight is 362 g/mol. The first-order chi connectivity index (χ1) is 12.8. The Morgan fingerprint density at radius 3 is 2.69 bits per heavy atom. The molecule has 0 unspecified atom stereocenters. The van der Waals surface area contributed by atoms with Crippen LogP contribution in [-0.2, 0) is 13.0 Å². The second kappa shape index (κ2) is 6.11. The third kappa shape index (κ3) is 2.52. The van der Waals surface area contributed by atoms with Gasteiger partial charge >= 0.3 is 0 Å². The standard InChI is InChI=1S/C20H16ClN5/c21-19-18(26-11-4-3-7-17(26)24-19)16-8-10-22-20(23-16)25-12-9-14-5-1-2-6-15(14)13-25/h1-8,10-11H,9,12-13H2. The molecule has 26 heavy (non-hydrogen) atoms. The number of fused-ring (bicyclic) bond motifs is 2. The Kier molecular flexibility index (Phi) is 3.60. The summed E-state index contributed by atoms with van der Waals surface area (Å²) < 4.78 is 1.96. The number of pyridine rings is 1. The first-order valence-corrected chi connectivity index (χ1v) is 8.95. The summed E-state index contributed by atoms with van der Waals surface area (Å²) in [4.78, 5) is 15.9. The second-order valence-corrected chi connectivity index (χ2v) is 6.72. The number of rotatable bonds is 2. The molecule has 0 amide bonds. The maximum absolute atomic E-state index is 6.40. The van der Waals surface area contributed by atoms with Gasteiger partial charge in [0.15, 0.2) is 5.15 Å². The molecule has 1 aliphatic heterocycles. The molecule has 0 bridgehead atoms. The molecule has 0 radical (unpaired) electrons. The van der Waals surface area contributed by atoms with E-state index in [1.807, 2.05) is 34.9 Å². The van der Waals surface area contributed by atoms with E-state index in [0.717, 1.165) is 42.5 Å². The fourth-order valence-electron chi connectivity index (χ4n) is 3.50. The minimum atomic E-state index is 0.449. The maximum Gasteiger partial charge on any atom is 0.226 e. The number of nitrogens with zero attached hydrogens (tertiary/aromatic N) is 5. The Morgan fingerprint density at radius 2 is 1.77 bits per heavy atom. The SMILES string of the molecule is Clc1nc2ccccn2c1-c1ccnc(N2CCc3ccccc3C2)n1. The van der Waals surface area contributed by atoms with E-state index in [4.69, 9.17) is 16.6 Å². The number of imidazole rings is 1. The van der Waals surface area contributed by atoms with Crippen LogP contribution in [0.2, 0.25) is 5.15 Å². The highest BCUT2D eigenvalue weighted by Gasteiger charge is 2.20. The van der Waals surface area contributed by atoms with E-state index in [0.29, 0.717) is 5.15 Å².